The van der Waals surface area contributed by atoms with Gasteiger partial charge in [-0.05, 0) is 6.08 Å². The number of hydrogen-bond donors (Lipinski definition) is 2. The minimum atomic E-state index is -1.19. The van der Waals surface area contributed by atoms with Crippen LogP contribution in [0.25, 0.3) is 0 Å². The van der Waals surface area contributed by atoms with Gasteiger partial charge in [0.05, 0.1) is 0 Å². The molecule has 0 heterocycles. The van der Waals surface area contributed by atoms with E-state index in [-0.39, 0.29) is 5.91 Å². The summed E-state index contributed by atoms with van der Waals surface area (Å²) in [7, 11) is 3.37. The number of carbonyl (C=O) groups is 2. The molecule has 0 bridgehead atoms. The molecule has 1 amide bonds. The molecule has 0 aromatic rings. The van der Waals surface area contributed by atoms with Gasteiger partial charge in [-0.2, -0.15) is 0 Å². The fourth-order valence-electron chi connectivity index (χ4n) is 0.183. The second-order valence-electron chi connectivity index (χ2n) is 1.99. The van der Waals surface area contributed by atoms with Crippen molar-refractivity contribution in [2.24, 2.45) is 0 Å². The second-order valence-corrected chi connectivity index (χ2v) is 1.99. The van der Waals surface area contributed by atoms with Crippen LogP contribution in [0.5, 0.6) is 0 Å². The van der Waals surface area contributed by atoms with Gasteiger partial charge >= 0.3 is 5.97 Å². The van der Waals surface area contributed by atoms with Crippen molar-refractivity contribution in [3.05, 3.63) is 12.7 Å². The van der Waals surface area contributed by atoms with E-state index >= 15 is 0 Å². The van der Waals surface area contributed by atoms with E-state index in [4.69, 9.17) is 15.0 Å². The number of hydrogen-bond acceptors (Lipinski definition) is 3. The lowest BCUT2D eigenvalue weighted by Crippen LogP contribution is -2.18. The highest BCUT2D eigenvalue weighted by molar-refractivity contribution is 5.86. The predicted octanol–water partition coefficient (Wildman–Crippen LogP) is -0.676. The Hall–Kier alpha value is -1.36. The molecule has 0 saturated carbocycles. The smallest absolute Gasteiger partial charge is 0.329 e. The number of likely N-dealkylation sites (N-methyl/N-ethyl adjacent to an activating group) is 1. The summed E-state index contributed by atoms with van der Waals surface area (Å²) in [5, 5.41) is 15.0. The van der Waals surface area contributed by atoms with Crippen molar-refractivity contribution in [3.63, 3.8) is 0 Å². The zero-order valence-electron chi connectivity index (χ0n) is 7.15. The van der Waals surface area contributed by atoms with Crippen LogP contribution >= 0.6 is 0 Å². The van der Waals surface area contributed by atoms with Crippen LogP contribution in [0.3, 0.4) is 0 Å². The molecule has 0 radical (unpaired) electrons. The Bertz CT molecular complexity index is 165. The van der Waals surface area contributed by atoms with Gasteiger partial charge in [0.15, 0.2) is 0 Å². The van der Waals surface area contributed by atoms with E-state index in [1.165, 1.54) is 11.0 Å². The van der Waals surface area contributed by atoms with E-state index in [1.807, 2.05) is 0 Å². The molecular formula is C7H13NO4. The van der Waals surface area contributed by atoms with Crippen molar-refractivity contribution >= 4 is 11.9 Å². The molecular weight excluding hydrogens is 162 g/mol. The Labute approximate surface area is 70.9 Å². The van der Waals surface area contributed by atoms with Gasteiger partial charge in [0, 0.05) is 14.1 Å². The van der Waals surface area contributed by atoms with Crippen LogP contribution in [0.1, 0.15) is 0 Å². The molecule has 0 rings (SSSR count). The van der Waals surface area contributed by atoms with Gasteiger partial charge in [0.25, 0.3) is 0 Å². The molecule has 0 aliphatic carbocycles. The summed E-state index contributed by atoms with van der Waals surface area (Å²) in [6.07, 6.45) is 1.28. The lowest BCUT2D eigenvalue weighted by Gasteiger charge is -2.03. The average Bonchev–Trinajstić information content (AvgIpc) is 2.04. The van der Waals surface area contributed by atoms with Gasteiger partial charge in [-0.25, -0.2) is 4.79 Å². The first-order valence-electron chi connectivity index (χ1n) is 3.12. The van der Waals surface area contributed by atoms with Crippen LogP contribution in [0.2, 0.25) is 0 Å². The monoisotopic (exact) mass is 175 g/mol. The number of aliphatic hydroxyl groups is 1. The maximum absolute atomic E-state index is 10.3. The Balaban J connectivity index is 0. The van der Waals surface area contributed by atoms with Gasteiger partial charge in [-0.15, -0.1) is 0 Å². The number of carboxylic acids is 1. The van der Waals surface area contributed by atoms with Crippen LogP contribution < -0.4 is 0 Å². The number of aliphatic hydroxyl groups excluding tert-OH is 1. The third-order valence-corrected chi connectivity index (χ3v) is 0.751. The summed E-state index contributed by atoms with van der Waals surface area (Å²) in [5.41, 5.74) is 0. The second kappa shape index (κ2) is 7.74. The zero-order chi connectivity index (χ0) is 10.1. The first kappa shape index (κ1) is 13.2. The summed E-state index contributed by atoms with van der Waals surface area (Å²) in [5.74, 6) is -1.25. The van der Waals surface area contributed by atoms with Crippen molar-refractivity contribution in [3.8, 4) is 0 Å². The van der Waals surface area contributed by atoms with E-state index in [2.05, 4.69) is 6.58 Å². The van der Waals surface area contributed by atoms with Gasteiger partial charge in [0.1, 0.15) is 6.61 Å². The Morgan fingerprint density at radius 2 is 1.83 bits per heavy atom. The SMILES string of the molecule is C=CC(=O)N(C)C.O=C(O)CO. The van der Waals surface area contributed by atoms with Crippen LogP contribution in [0, 0.1) is 0 Å². The molecule has 0 aromatic carbocycles. The number of carbonyl (C=O) groups excluding carboxylic acids is 1. The van der Waals surface area contributed by atoms with Gasteiger partial charge in [0.2, 0.25) is 5.91 Å². The number of nitrogens with zero attached hydrogens (tertiary/aromatic N) is 1. The van der Waals surface area contributed by atoms with Crippen molar-refractivity contribution in [1.29, 1.82) is 0 Å². The molecule has 5 heteroatoms. The fourth-order valence-corrected chi connectivity index (χ4v) is 0.183. The number of rotatable bonds is 2. The predicted molar refractivity (Wildman–Crippen MR) is 43.6 cm³/mol. The molecule has 0 aliphatic rings. The summed E-state index contributed by atoms with van der Waals surface area (Å²) in [4.78, 5) is 20.9. The minimum absolute atomic E-state index is 0.0556. The summed E-state index contributed by atoms with van der Waals surface area (Å²) < 4.78 is 0. The van der Waals surface area contributed by atoms with Crippen molar-refractivity contribution in [2.45, 2.75) is 0 Å². The largest absolute Gasteiger partial charge is 0.480 e. The Morgan fingerprint density at radius 3 is 1.83 bits per heavy atom. The molecule has 5 nitrogen and oxygen atoms in total. The summed E-state index contributed by atoms with van der Waals surface area (Å²) in [6.45, 7) is 2.51. The lowest BCUT2D eigenvalue weighted by atomic mass is 10.5. The number of carboxylic acid groups (broad SMARTS) is 1. The highest BCUT2D eigenvalue weighted by Crippen LogP contribution is 1.74. The highest BCUT2D eigenvalue weighted by Gasteiger charge is 1.91. The zero-order valence-corrected chi connectivity index (χ0v) is 7.15. The fraction of sp³-hybridized carbons (Fsp3) is 0.429. The third kappa shape index (κ3) is 11.4. The van der Waals surface area contributed by atoms with Gasteiger partial charge in [-0.1, -0.05) is 6.58 Å². The summed E-state index contributed by atoms with van der Waals surface area (Å²) >= 11 is 0. The molecule has 2 N–H and O–H groups in total. The number of aliphatic carboxylic acids is 1. The summed E-state index contributed by atoms with van der Waals surface area (Å²) in [6, 6.07) is 0. The van der Waals surface area contributed by atoms with E-state index in [0.717, 1.165) is 0 Å². The molecule has 12 heavy (non-hydrogen) atoms. The molecule has 0 atom stereocenters. The van der Waals surface area contributed by atoms with Gasteiger partial charge < -0.3 is 15.1 Å². The number of amides is 1. The van der Waals surface area contributed by atoms with Gasteiger partial charge in [-0.3, -0.25) is 4.79 Å². The van der Waals surface area contributed by atoms with E-state index in [0.29, 0.717) is 0 Å². The van der Waals surface area contributed by atoms with E-state index < -0.39 is 12.6 Å². The molecule has 0 saturated heterocycles. The lowest BCUT2D eigenvalue weighted by molar-refractivity contribution is -0.140. The van der Waals surface area contributed by atoms with E-state index in [1.54, 1.807) is 14.1 Å². The van der Waals surface area contributed by atoms with Crippen LogP contribution in [0.15, 0.2) is 12.7 Å². The van der Waals surface area contributed by atoms with Crippen molar-refractivity contribution in [2.75, 3.05) is 20.7 Å². The van der Waals surface area contributed by atoms with Crippen LogP contribution in [-0.4, -0.2) is 47.7 Å². The van der Waals surface area contributed by atoms with Crippen molar-refractivity contribution in [1.82, 2.24) is 4.90 Å². The first-order chi connectivity index (χ1) is 5.45. The Morgan fingerprint density at radius 1 is 1.50 bits per heavy atom. The maximum atomic E-state index is 10.3. The normalized spacial score (nSPS) is 7.58. The third-order valence-electron chi connectivity index (χ3n) is 0.751. The molecule has 0 fully saturated rings. The topological polar surface area (TPSA) is 77.8 Å². The highest BCUT2D eigenvalue weighted by atomic mass is 16.4. The quantitative estimate of drug-likeness (QED) is 0.545. The standard InChI is InChI=1S/C5H9NO.C2H4O3/c1-4-5(7)6(2)3;3-1-2(4)5/h4H,1H2,2-3H3;3H,1H2,(H,4,5). The van der Waals surface area contributed by atoms with Crippen molar-refractivity contribution < 1.29 is 19.8 Å². The molecule has 0 unspecified atom stereocenters. The maximum Gasteiger partial charge on any atom is 0.329 e. The molecule has 0 spiro atoms. The van der Waals surface area contributed by atoms with Crippen LogP contribution in [-0.2, 0) is 9.59 Å². The first-order valence-corrected chi connectivity index (χ1v) is 3.12. The minimum Gasteiger partial charge on any atom is -0.480 e. The van der Waals surface area contributed by atoms with E-state index in [9.17, 15) is 4.79 Å². The average molecular weight is 175 g/mol. The Kier molecular flexibility index (Phi) is 8.55. The molecule has 0 aromatic heterocycles. The molecule has 70 valence electrons. The molecule has 0 aliphatic heterocycles. The van der Waals surface area contributed by atoms with Crippen LogP contribution in [0.4, 0.5) is 0 Å².